The maximum atomic E-state index is 13.0. The summed E-state index contributed by atoms with van der Waals surface area (Å²) in [5.74, 6) is 0.378. The number of aliphatic hydroxyl groups excluding tert-OH is 1. The molecule has 70 valence electrons. The van der Waals surface area contributed by atoms with Gasteiger partial charge in [0.2, 0.25) is 0 Å². The molecular weight excluding hydrogens is 171 g/mol. The van der Waals surface area contributed by atoms with Gasteiger partial charge in [-0.15, -0.1) is 0 Å². The Morgan fingerprint density at radius 1 is 1.46 bits per heavy atom. The summed E-state index contributed by atoms with van der Waals surface area (Å²) in [6.45, 7) is 0.492. The highest BCUT2D eigenvalue weighted by Gasteiger charge is 2.15. The van der Waals surface area contributed by atoms with Gasteiger partial charge in [0.15, 0.2) is 0 Å². The number of hydrogen-bond acceptors (Lipinski definition) is 2. The Bertz CT molecular complexity index is 306. The number of hydrogen-bond donors (Lipinski definition) is 1. The zero-order chi connectivity index (χ0) is 9.26. The molecule has 0 spiro atoms. The van der Waals surface area contributed by atoms with E-state index in [0.717, 1.165) is 18.4 Å². The molecule has 1 aliphatic heterocycles. The third-order valence-corrected chi connectivity index (χ3v) is 2.21. The molecule has 0 fully saturated rings. The van der Waals surface area contributed by atoms with E-state index in [1.165, 1.54) is 12.1 Å². The van der Waals surface area contributed by atoms with Crippen molar-refractivity contribution >= 4 is 0 Å². The van der Waals surface area contributed by atoms with Gasteiger partial charge in [0.25, 0.3) is 0 Å². The van der Waals surface area contributed by atoms with E-state index >= 15 is 0 Å². The Hall–Kier alpha value is -1.09. The van der Waals surface area contributed by atoms with Gasteiger partial charge in [-0.05, 0) is 30.5 Å². The van der Waals surface area contributed by atoms with Crippen molar-refractivity contribution < 1.29 is 14.2 Å². The molecule has 3 heteroatoms. The number of fused-ring (bicyclic) bond motifs is 1. The number of ether oxygens (including phenoxy) is 1. The van der Waals surface area contributed by atoms with Crippen molar-refractivity contribution in [2.45, 2.75) is 19.4 Å². The first-order chi connectivity index (χ1) is 6.31. The summed E-state index contributed by atoms with van der Waals surface area (Å²) >= 11 is 0. The summed E-state index contributed by atoms with van der Waals surface area (Å²) in [7, 11) is 0. The second-order valence-corrected chi connectivity index (χ2v) is 3.16. The minimum atomic E-state index is -0.298. The predicted molar refractivity (Wildman–Crippen MR) is 46.1 cm³/mol. The van der Waals surface area contributed by atoms with Crippen molar-refractivity contribution in [1.29, 1.82) is 0 Å². The standard InChI is InChI=1S/C10H11FO2/c11-9-4-7-2-1-3-13-10(7)8(5-9)6-12/h4-5,12H,1-3,6H2. The van der Waals surface area contributed by atoms with Crippen LogP contribution < -0.4 is 4.74 Å². The lowest BCUT2D eigenvalue weighted by molar-refractivity contribution is 0.250. The van der Waals surface area contributed by atoms with Gasteiger partial charge < -0.3 is 9.84 Å². The molecule has 0 radical (unpaired) electrons. The molecule has 0 atom stereocenters. The van der Waals surface area contributed by atoms with Crippen LogP contribution in [0, 0.1) is 5.82 Å². The molecule has 0 bridgehead atoms. The highest BCUT2D eigenvalue weighted by Crippen LogP contribution is 2.29. The number of benzene rings is 1. The summed E-state index contributed by atoms with van der Waals surface area (Å²) in [6, 6.07) is 2.80. The normalized spacial score (nSPS) is 14.9. The highest BCUT2D eigenvalue weighted by atomic mass is 19.1. The van der Waals surface area contributed by atoms with E-state index in [9.17, 15) is 4.39 Å². The monoisotopic (exact) mass is 182 g/mol. The average Bonchev–Trinajstić information content (AvgIpc) is 2.16. The Labute approximate surface area is 76.0 Å². The fourth-order valence-electron chi connectivity index (χ4n) is 1.64. The third kappa shape index (κ3) is 1.52. The van der Waals surface area contributed by atoms with E-state index in [4.69, 9.17) is 9.84 Å². The molecule has 0 aliphatic carbocycles. The Balaban J connectivity index is 2.50. The molecule has 2 rings (SSSR count). The molecule has 0 saturated carbocycles. The molecule has 0 amide bonds. The van der Waals surface area contributed by atoms with Crippen molar-refractivity contribution in [2.24, 2.45) is 0 Å². The van der Waals surface area contributed by atoms with E-state index in [1.807, 2.05) is 0 Å². The van der Waals surface area contributed by atoms with E-state index in [0.29, 0.717) is 17.9 Å². The number of halogens is 1. The van der Waals surface area contributed by atoms with Crippen molar-refractivity contribution in [3.63, 3.8) is 0 Å². The summed E-state index contributed by atoms with van der Waals surface area (Å²) in [5, 5.41) is 8.97. The van der Waals surface area contributed by atoms with Gasteiger partial charge >= 0.3 is 0 Å². The highest BCUT2D eigenvalue weighted by molar-refractivity contribution is 5.42. The number of aryl methyl sites for hydroxylation is 1. The molecule has 1 heterocycles. The quantitative estimate of drug-likeness (QED) is 0.715. The van der Waals surface area contributed by atoms with Gasteiger partial charge in [-0.25, -0.2) is 4.39 Å². The van der Waals surface area contributed by atoms with Crippen LogP contribution in [0.15, 0.2) is 12.1 Å². The van der Waals surface area contributed by atoms with Gasteiger partial charge in [0, 0.05) is 5.56 Å². The SMILES string of the molecule is OCc1cc(F)cc2c1OCCC2. The van der Waals surface area contributed by atoms with Crippen LogP contribution in [-0.4, -0.2) is 11.7 Å². The van der Waals surface area contributed by atoms with Crippen LogP contribution in [-0.2, 0) is 13.0 Å². The fraction of sp³-hybridized carbons (Fsp3) is 0.400. The van der Waals surface area contributed by atoms with Crippen molar-refractivity contribution in [2.75, 3.05) is 6.61 Å². The second kappa shape index (κ2) is 3.34. The van der Waals surface area contributed by atoms with Crippen LogP contribution in [0.2, 0.25) is 0 Å². The van der Waals surface area contributed by atoms with Crippen LogP contribution >= 0.6 is 0 Å². The minimum Gasteiger partial charge on any atom is -0.493 e. The molecular formula is C10H11FO2. The maximum absolute atomic E-state index is 13.0. The van der Waals surface area contributed by atoms with Gasteiger partial charge in [0.1, 0.15) is 11.6 Å². The zero-order valence-corrected chi connectivity index (χ0v) is 7.22. The zero-order valence-electron chi connectivity index (χ0n) is 7.22. The van der Waals surface area contributed by atoms with Crippen LogP contribution in [0.25, 0.3) is 0 Å². The van der Waals surface area contributed by atoms with Gasteiger partial charge in [0.05, 0.1) is 13.2 Å². The van der Waals surface area contributed by atoms with E-state index in [1.54, 1.807) is 0 Å². The molecule has 0 aromatic heterocycles. The summed E-state index contributed by atoms with van der Waals surface area (Å²) in [4.78, 5) is 0. The first-order valence-electron chi connectivity index (χ1n) is 4.36. The number of rotatable bonds is 1. The molecule has 1 aromatic carbocycles. The Kier molecular flexibility index (Phi) is 2.19. The Morgan fingerprint density at radius 3 is 3.08 bits per heavy atom. The van der Waals surface area contributed by atoms with Crippen molar-refractivity contribution in [3.8, 4) is 5.75 Å². The maximum Gasteiger partial charge on any atom is 0.128 e. The first kappa shape index (κ1) is 8.51. The second-order valence-electron chi connectivity index (χ2n) is 3.16. The largest absolute Gasteiger partial charge is 0.493 e. The van der Waals surface area contributed by atoms with Crippen LogP contribution in [0.1, 0.15) is 17.5 Å². The predicted octanol–water partition coefficient (Wildman–Crippen LogP) is 1.64. The van der Waals surface area contributed by atoms with Crippen LogP contribution in [0.4, 0.5) is 4.39 Å². The van der Waals surface area contributed by atoms with Gasteiger partial charge in [-0.1, -0.05) is 0 Å². The molecule has 1 N–H and O–H groups in total. The van der Waals surface area contributed by atoms with Crippen LogP contribution in [0.5, 0.6) is 5.75 Å². The average molecular weight is 182 g/mol. The smallest absolute Gasteiger partial charge is 0.128 e. The van der Waals surface area contributed by atoms with Crippen molar-refractivity contribution in [1.82, 2.24) is 0 Å². The molecule has 2 nitrogen and oxygen atoms in total. The van der Waals surface area contributed by atoms with E-state index < -0.39 is 0 Å². The third-order valence-electron chi connectivity index (χ3n) is 2.21. The molecule has 1 aromatic rings. The first-order valence-corrected chi connectivity index (χ1v) is 4.36. The molecule has 1 aliphatic rings. The van der Waals surface area contributed by atoms with Gasteiger partial charge in [-0.3, -0.25) is 0 Å². The Morgan fingerprint density at radius 2 is 2.31 bits per heavy atom. The lowest BCUT2D eigenvalue weighted by Gasteiger charge is -2.19. The lowest BCUT2D eigenvalue weighted by atomic mass is 10.0. The lowest BCUT2D eigenvalue weighted by Crippen LogP contribution is -2.11. The topological polar surface area (TPSA) is 29.5 Å². The summed E-state index contributed by atoms with van der Waals surface area (Å²) in [5.41, 5.74) is 1.42. The van der Waals surface area contributed by atoms with Gasteiger partial charge in [-0.2, -0.15) is 0 Å². The minimum absolute atomic E-state index is 0.167. The summed E-state index contributed by atoms with van der Waals surface area (Å²) in [6.07, 6.45) is 1.75. The molecule has 0 saturated heterocycles. The summed E-state index contributed by atoms with van der Waals surface area (Å²) < 4.78 is 18.3. The fourth-order valence-corrected chi connectivity index (χ4v) is 1.64. The van der Waals surface area contributed by atoms with E-state index in [2.05, 4.69) is 0 Å². The molecule has 13 heavy (non-hydrogen) atoms. The molecule has 0 unspecified atom stereocenters. The van der Waals surface area contributed by atoms with Crippen molar-refractivity contribution in [3.05, 3.63) is 29.1 Å². The van der Waals surface area contributed by atoms with Crippen LogP contribution in [0.3, 0.4) is 0 Å². The number of aliphatic hydroxyl groups is 1. The van der Waals surface area contributed by atoms with E-state index in [-0.39, 0.29) is 12.4 Å².